The maximum absolute atomic E-state index is 12.5. The zero-order chi connectivity index (χ0) is 24.1. The van der Waals surface area contributed by atoms with Crippen LogP contribution in [0.2, 0.25) is 0 Å². The highest BCUT2D eigenvalue weighted by Gasteiger charge is 2.13. The average molecular weight is 458 g/mol. The quantitative estimate of drug-likeness (QED) is 0.382. The van der Waals surface area contributed by atoms with Crippen LogP contribution in [0.25, 0.3) is 11.0 Å². The first kappa shape index (κ1) is 23.4. The van der Waals surface area contributed by atoms with Gasteiger partial charge in [-0.15, -0.1) is 0 Å². The molecule has 1 amide bonds. The number of aryl methyl sites for hydroxylation is 4. The molecule has 0 aliphatic rings. The van der Waals surface area contributed by atoms with Crippen LogP contribution >= 0.6 is 0 Å². The molecule has 1 aromatic heterocycles. The Hall–Kier alpha value is -3.80. The van der Waals surface area contributed by atoms with Crippen LogP contribution < -0.4 is 14.8 Å². The van der Waals surface area contributed by atoms with E-state index in [1.165, 1.54) is 11.1 Å². The number of para-hydroxylation sites is 2. The number of hydrogen-bond donors (Lipinski definition) is 1. The maximum Gasteiger partial charge on any atom is 0.258 e. The molecule has 0 unspecified atom stereocenters. The van der Waals surface area contributed by atoms with Gasteiger partial charge in [-0.25, -0.2) is 4.98 Å². The lowest BCUT2D eigenvalue weighted by molar-refractivity contribution is -0.123. The molecule has 3 aromatic carbocycles. The van der Waals surface area contributed by atoms with Crippen LogP contribution in [0.3, 0.4) is 0 Å². The van der Waals surface area contributed by atoms with Crippen molar-refractivity contribution in [1.29, 1.82) is 0 Å². The number of aromatic nitrogens is 2. The Morgan fingerprint density at radius 2 is 1.68 bits per heavy atom. The van der Waals surface area contributed by atoms with E-state index in [0.717, 1.165) is 39.5 Å². The van der Waals surface area contributed by atoms with Gasteiger partial charge in [0.05, 0.1) is 24.1 Å². The second kappa shape index (κ2) is 10.4. The monoisotopic (exact) mass is 457 g/mol. The summed E-state index contributed by atoms with van der Waals surface area (Å²) >= 11 is 0. The number of imidazole rings is 1. The molecule has 4 rings (SSSR count). The normalized spacial score (nSPS) is 10.9. The maximum atomic E-state index is 12.5. The van der Waals surface area contributed by atoms with Crippen LogP contribution in [-0.2, 0) is 17.9 Å². The number of nitrogens with one attached hydrogen (secondary N) is 1. The first-order chi connectivity index (χ1) is 16.4. The van der Waals surface area contributed by atoms with Gasteiger partial charge in [0.25, 0.3) is 5.91 Å². The van der Waals surface area contributed by atoms with Gasteiger partial charge in [-0.1, -0.05) is 30.3 Å². The third kappa shape index (κ3) is 5.76. The highest BCUT2D eigenvalue weighted by molar-refractivity contribution is 5.78. The lowest BCUT2D eigenvalue weighted by Gasteiger charge is -2.13. The van der Waals surface area contributed by atoms with Crippen LogP contribution in [0, 0.1) is 27.7 Å². The number of ether oxygens (including phenoxy) is 2. The second-order valence-corrected chi connectivity index (χ2v) is 8.67. The number of rotatable bonds is 9. The van der Waals surface area contributed by atoms with E-state index < -0.39 is 0 Å². The van der Waals surface area contributed by atoms with E-state index in [4.69, 9.17) is 14.5 Å². The van der Waals surface area contributed by atoms with Crippen molar-refractivity contribution in [2.24, 2.45) is 0 Å². The smallest absolute Gasteiger partial charge is 0.258 e. The van der Waals surface area contributed by atoms with Crippen LogP contribution in [0.1, 0.15) is 28.1 Å². The first-order valence-electron chi connectivity index (χ1n) is 11.5. The van der Waals surface area contributed by atoms with Gasteiger partial charge >= 0.3 is 0 Å². The molecule has 0 bridgehead atoms. The summed E-state index contributed by atoms with van der Waals surface area (Å²) in [6.07, 6.45) is 0. The first-order valence-corrected chi connectivity index (χ1v) is 11.5. The number of hydrogen-bond acceptors (Lipinski definition) is 4. The molecule has 0 atom stereocenters. The largest absolute Gasteiger partial charge is 0.492 e. The van der Waals surface area contributed by atoms with Gasteiger partial charge in [0.2, 0.25) is 0 Å². The summed E-state index contributed by atoms with van der Waals surface area (Å²) in [5.74, 6) is 2.18. The summed E-state index contributed by atoms with van der Waals surface area (Å²) in [5, 5.41) is 2.94. The summed E-state index contributed by atoms with van der Waals surface area (Å²) in [5.41, 5.74) is 6.36. The van der Waals surface area contributed by atoms with Gasteiger partial charge in [0.1, 0.15) is 23.9 Å². The van der Waals surface area contributed by atoms with E-state index in [2.05, 4.69) is 29.8 Å². The topological polar surface area (TPSA) is 65.4 Å². The van der Waals surface area contributed by atoms with Gasteiger partial charge in [-0.3, -0.25) is 4.79 Å². The Morgan fingerprint density at radius 3 is 2.47 bits per heavy atom. The highest BCUT2D eigenvalue weighted by Crippen LogP contribution is 2.20. The molecular formula is C28H31N3O3. The van der Waals surface area contributed by atoms with Crippen molar-refractivity contribution in [3.05, 3.63) is 88.7 Å². The molecule has 0 saturated carbocycles. The van der Waals surface area contributed by atoms with Crippen molar-refractivity contribution in [1.82, 2.24) is 14.9 Å². The number of nitrogens with zero attached hydrogens (tertiary/aromatic N) is 2. The van der Waals surface area contributed by atoms with E-state index >= 15 is 0 Å². The molecule has 1 N–H and O–H groups in total. The predicted octanol–water partition coefficient (Wildman–Crippen LogP) is 5.04. The number of benzene rings is 3. The molecule has 0 radical (unpaired) electrons. The summed E-state index contributed by atoms with van der Waals surface area (Å²) in [6.45, 7) is 9.49. The molecule has 176 valence electrons. The number of amides is 1. The number of carbonyl (C=O) groups is 1. The molecule has 0 spiro atoms. The molecule has 0 aliphatic heterocycles. The van der Waals surface area contributed by atoms with Crippen LogP contribution in [0.15, 0.2) is 60.7 Å². The van der Waals surface area contributed by atoms with Crippen molar-refractivity contribution in [2.45, 2.75) is 40.8 Å². The van der Waals surface area contributed by atoms with E-state index in [0.29, 0.717) is 19.7 Å². The van der Waals surface area contributed by atoms with Crippen molar-refractivity contribution < 1.29 is 14.3 Å². The molecule has 34 heavy (non-hydrogen) atoms. The lowest BCUT2D eigenvalue weighted by atomic mass is 10.1. The van der Waals surface area contributed by atoms with E-state index in [1.54, 1.807) is 0 Å². The zero-order valence-electron chi connectivity index (χ0n) is 20.2. The van der Waals surface area contributed by atoms with Crippen LogP contribution in [0.5, 0.6) is 11.5 Å². The van der Waals surface area contributed by atoms with Crippen LogP contribution in [0.4, 0.5) is 0 Å². The van der Waals surface area contributed by atoms with Crippen LogP contribution in [-0.4, -0.2) is 28.7 Å². The van der Waals surface area contributed by atoms with E-state index in [9.17, 15) is 4.79 Å². The fourth-order valence-electron chi connectivity index (χ4n) is 4.02. The second-order valence-electron chi connectivity index (χ2n) is 8.67. The van der Waals surface area contributed by atoms with Gasteiger partial charge < -0.3 is 19.4 Å². The Balaban J connectivity index is 1.40. The average Bonchev–Trinajstić information content (AvgIpc) is 3.15. The molecule has 0 saturated heterocycles. The van der Waals surface area contributed by atoms with Crippen molar-refractivity contribution in [3.63, 3.8) is 0 Å². The minimum Gasteiger partial charge on any atom is -0.492 e. The van der Waals surface area contributed by atoms with E-state index in [-0.39, 0.29) is 12.5 Å². The fourth-order valence-corrected chi connectivity index (χ4v) is 4.02. The molecular weight excluding hydrogens is 426 g/mol. The molecule has 6 nitrogen and oxygen atoms in total. The minimum absolute atomic E-state index is 0.0413. The molecule has 0 fully saturated rings. The molecule has 1 heterocycles. The van der Waals surface area contributed by atoms with Gasteiger partial charge in [-0.2, -0.15) is 0 Å². The van der Waals surface area contributed by atoms with Crippen molar-refractivity contribution in [3.8, 4) is 11.5 Å². The summed E-state index contributed by atoms with van der Waals surface area (Å²) in [6, 6.07) is 20.1. The molecule has 6 heteroatoms. The molecule has 0 aliphatic carbocycles. The third-order valence-corrected chi connectivity index (χ3v) is 5.66. The SMILES string of the molecule is Cc1cc(C)cc(OCCn2c(CNC(=O)COc3cc(C)ccc3C)nc3ccccc32)c1. The summed E-state index contributed by atoms with van der Waals surface area (Å²) in [7, 11) is 0. The Labute approximate surface area is 200 Å². The Morgan fingerprint density at radius 1 is 0.912 bits per heavy atom. The summed E-state index contributed by atoms with van der Waals surface area (Å²) in [4.78, 5) is 17.2. The minimum atomic E-state index is -0.189. The Bertz CT molecular complexity index is 1290. The van der Waals surface area contributed by atoms with Crippen molar-refractivity contribution in [2.75, 3.05) is 13.2 Å². The standard InChI is InChI=1S/C28H31N3O3/c1-19-9-10-22(4)26(16-19)34-18-28(32)29-17-27-30-24-7-5-6-8-25(24)31(27)11-12-33-23-14-20(2)13-21(3)15-23/h5-10,13-16H,11-12,17-18H2,1-4H3,(H,29,32). The van der Waals surface area contributed by atoms with Crippen molar-refractivity contribution >= 4 is 16.9 Å². The van der Waals surface area contributed by atoms with Gasteiger partial charge in [0, 0.05) is 0 Å². The predicted molar refractivity (Wildman–Crippen MR) is 134 cm³/mol. The highest BCUT2D eigenvalue weighted by atomic mass is 16.5. The Kier molecular flexibility index (Phi) is 7.16. The molecule has 4 aromatic rings. The number of carbonyl (C=O) groups excluding carboxylic acids is 1. The summed E-state index contributed by atoms with van der Waals surface area (Å²) < 4.78 is 13.9. The zero-order valence-corrected chi connectivity index (χ0v) is 20.2. The lowest BCUT2D eigenvalue weighted by Crippen LogP contribution is -2.30. The third-order valence-electron chi connectivity index (χ3n) is 5.66. The fraction of sp³-hybridized carbons (Fsp3) is 0.286. The van der Waals surface area contributed by atoms with Gasteiger partial charge in [-0.05, 0) is 80.3 Å². The van der Waals surface area contributed by atoms with E-state index in [1.807, 2.05) is 68.4 Å². The number of fused-ring (bicyclic) bond motifs is 1. The van der Waals surface area contributed by atoms with Gasteiger partial charge in [0.15, 0.2) is 6.61 Å².